The lowest BCUT2D eigenvalue weighted by molar-refractivity contribution is -0.141. The maximum atomic E-state index is 13.0. The van der Waals surface area contributed by atoms with Crippen molar-refractivity contribution in [1.29, 1.82) is 0 Å². The van der Waals surface area contributed by atoms with Crippen LogP contribution in [0.1, 0.15) is 40.2 Å². The molecule has 138 valence electrons. The number of hydrogen-bond donors (Lipinski definition) is 1. The molecule has 2 atom stereocenters. The van der Waals surface area contributed by atoms with Gasteiger partial charge in [-0.1, -0.05) is 24.2 Å². The van der Waals surface area contributed by atoms with Crippen molar-refractivity contribution in [3.63, 3.8) is 0 Å². The van der Waals surface area contributed by atoms with Gasteiger partial charge in [-0.05, 0) is 31.0 Å². The maximum absolute atomic E-state index is 13.0. The molecule has 0 bridgehead atoms. The minimum atomic E-state index is -0.911. The summed E-state index contributed by atoms with van der Waals surface area (Å²) in [5.74, 6) is -0.973. The summed E-state index contributed by atoms with van der Waals surface area (Å²) in [6.45, 7) is 4.08. The van der Waals surface area contributed by atoms with E-state index in [0.29, 0.717) is 35.7 Å². The van der Waals surface area contributed by atoms with E-state index in [2.05, 4.69) is 5.16 Å². The highest BCUT2D eigenvalue weighted by molar-refractivity contribution is 5.97. The molecular formula is C19H22N2O5. The lowest BCUT2D eigenvalue weighted by Crippen LogP contribution is -2.30. The molecule has 7 nitrogen and oxygen atoms in total. The van der Waals surface area contributed by atoms with E-state index in [9.17, 15) is 14.7 Å². The van der Waals surface area contributed by atoms with Crippen LogP contribution in [0.2, 0.25) is 0 Å². The van der Waals surface area contributed by atoms with E-state index in [0.717, 1.165) is 5.56 Å². The number of benzene rings is 1. The van der Waals surface area contributed by atoms with Crippen molar-refractivity contribution in [2.75, 3.05) is 20.2 Å². The summed E-state index contributed by atoms with van der Waals surface area (Å²) in [6.07, 6.45) is 0.577. The molecule has 1 aliphatic heterocycles. The number of nitrogens with zero attached hydrogens (tertiary/aromatic N) is 2. The Kier molecular flexibility index (Phi) is 4.97. The number of ether oxygens (including phenoxy) is 1. The number of carboxylic acids is 1. The van der Waals surface area contributed by atoms with Crippen LogP contribution in [0.15, 0.2) is 28.8 Å². The van der Waals surface area contributed by atoms with E-state index in [1.165, 1.54) is 0 Å². The van der Waals surface area contributed by atoms with Crippen molar-refractivity contribution in [2.24, 2.45) is 5.92 Å². The molecule has 2 aromatic rings. The second-order valence-corrected chi connectivity index (χ2v) is 6.45. The van der Waals surface area contributed by atoms with Crippen molar-refractivity contribution in [3.8, 4) is 5.75 Å². The van der Waals surface area contributed by atoms with Crippen LogP contribution >= 0.6 is 0 Å². The Morgan fingerprint density at radius 2 is 2.15 bits per heavy atom. The van der Waals surface area contributed by atoms with E-state index >= 15 is 0 Å². The van der Waals surface area contributed by atoms with Gasteiger partial charge in [0.1, 0.15) is 17.1 Å². The Balaban J connectivity index is 1.90. The SMILES string of the molecule is CCc1noc(C)c1C(=O)N1C[C@H](C(=O)O)[C@@H](c2cccc(OC)c2)C1. The van der Waals surface area contributed by atoms with E-state index in [1.54, 1.807) is 18.9 Å². The van der Waals surface area contributed by atoms with Crippen LogP contribution in [0.25, 0.3) is 0 Å². The first-order chi connectivity index (χ1) is 12.5. The molecule has 0 aliphatic carbocycles. The quantitative estimate of drug-likeness (QED) is 0.883. The van der Waals surface area contributed by atoms with Crippen molar-refractivity contribution >= 4 is 11.9 Å². The predicted octanol–water partition coefficient (Wildman–Crippen LogP) is 2.49. The largest absolute Gasteiger partial charge is 0.497 e. The Morgan fingerprint density at radius 1 is 1.38 bits per heavy atom. The molecule has 0 spiro atoms. The summed E-state index contributed by atoms with van der Waals surface area (Å²) in [7, 11) is 1.57. The van der Waals surface area contributed by atoms with Crippen molar-refractivity contribution in [3.05, 3.63) is 46.8 Å². The summed E-state index contributed by atoms with van der Waals surface area (Å²) >= 11 is 0. The zero-order chi connectivity index (χ0) is 18.8. The van der Waals surface area contributed by atoms with Crippen LogP contribution in [-0.4, -0.2) is 47.2 Å². The van der Waals surface area contributed by atoms with Gasteiger partial charge in [0.2, 0.25) is 0 Å². The Bertz CT molecular complexity index is 829. The van der Waals surface area contributed by atoms with Crippen molar-refractivity contribution in [1.82, 2.24) is 10.1 Å². The number of amides is 1. The lowest BCUT2D eigenvalue weighted by Gasteiger charge is -2.17. The zero-order valence-electron chi connectivity index (χ0n) is 15.1. The number of aliphatic carboxylic acids is 1. The molecule has 1 N–H and O–H groups in total. The fraction of sp³-hybridized carbons (Fsp3) is 0.421. The Morgan fingerprint density at radius 3 is 2.81 bits per heavy atom. The standard InChI is InChI=1S/C19H22N2O5/c1-4-16-17(11(2)26-20-16)18(22)21-9-14(15(10-21)19(23)24)12-6-5-7-13(8-12)25-3/h5-8,14-15H,4,9-10H2,1-3H3,(H,23,24)/t14-,15+/m1/s1. The van der Waals surface area contributed by atoms with E-state index in [1.807, 2.05) is 31.2 Å². The smallest absolute Gasteiger partial charge is 0.308 e. The van der Waals surface area contributed by atoms with Gasteiger partial charge >= 0.3 is 5.97 Å². The van der Waals surface area contributed by atoms with Gasteiger partial charge in [-0.2, -0.15) is 0 Å². The predicted molar refractivity (Wildman–Crippen MR) is 93.4 cm³/mol. The zero-order valence-corrected chi connectivity index (χ0v) is 15.1. The first-order valence-corrected chi connectivity index (χ1v) is 8.57. The molecular weight excluding hydrogens is 336 g/mol. The molecule has 7 heteroatoms. The highest BCUT2D eigenvalue weighted by Crippen LogP contribution is 2.35. The summed E-state index contributed by atoms with van der Waals surface area (Å²) in [5, 5.41) is 13.6. The van der Waals surface area contributed by atoms with Crippen molar-refractivity contribution in [2.45, 2.75) is 26.2 Å². The Labute approximate surface area is 151 Å². The Hall–Kier alpha value is -2.83. The molecule has 2 heterocycles. The molecule has 1 amide bonds. The highest BCUT2D eigenvalue weighted by atomic mass is 16.5. The number of methoxy groups -OCH3 is 1. The third-order valence-corrected chi connectivity index (χ3v) is 4.93. The molecule has 1 aliphatic rings. The van der Waals surface area contributed by atoms with Gasteiger partial charge in [-0.15, -0.1) is 0 Å². The van der Waals surface area contributed by atoms with E-state index in [4.69, 9.17) is 9.26 Å². The summed E-state index contributed by atoms with van der Waals surface area (Å²) in [6, 6.07) is 7.35. The van der Waals surface area contributed by atoms with Gasteiger partial charge < -0.3 is 19.3 Å². The van der Waals surface area contributed by atoms with Crippen LogP contribution in [0.4, 0.5) is 0 Å². The number of aryl methyl sites for hydroxylation is 2. The number of carboxylic acid groups (broad SMARTS) is 1. The second kappa shape index (κ2) is 7.19. The van der Waals surface area contributed by atoms with Gasteiger partial charge in [0.25, 0.3) is 5.91 Å². The molecule has 3 rings (SSSR count). The molecule has 1 saturated heterocycles. The molecule has 0 saturated carbocycles. The number of hydrogen-bond acceptors (Lipinski definition) is 5. The van der Waals surface area contributed by atoms with Crippen LogP contribution in [0, 0.1) is 12.8 Å². The molecule has 1 aromatic carbocycles. The number of rotatable bonds is 5. The van der Waals surface area contributed by atoms with Crippen molar-refractivity contribution < 1.29 is 24.0 Å². The van der Waals surface area contributed by atoms with Crippen LogP contribution in [0.3, 0.4) is 0 Å². The summed E-state index contributed by atoms with van der Waals surface area (Å²) in [4.78, 5) is 26.4. The van der Waals surface area contributed by atoms with Gasteiger partial charge in [-0.3, -0.25) is 9.59 Å². The minimum Gasteiger partial charge on any atom is -0.497 e. The fourth-order valence-electron chi connectivity index (χ4n) is 3.52. The van der Waals surface area contributed by atoms with Gasteiger partial charge in [0.15, 0.2) is 0 Å². The molecule has 26 heavy (non-hydrogen) atoms. The van der Waals surface area contributed by atoms with Crippen LogP contribution in [-0.2, 0) is 11.2 Å². The summed E-state index contributed by atoms with van der Waals surface area (Å²) in [5.41, 5.74) is 1.90. The number of aromatic nitrogens is 1. The van der Waals surface area contributed by atoms with E-state index < -0.39 is 11.9 Å². The number of carbonyl (C=O) groups is 2. The number of likely N-dealkylation sites (tertiary alicyclic amines) is 1. The maximum Gasteiger partial charge on any atom is 0.308 e. The minimum absolute atomic E-state index is 0.157. The van der Waals surface area contributed by atoms with Crippen LogP contribution in [0.5, 0.6) is 5.75 Å². The number of carbonyl (C=O) groups excluding carboxylic acids is 1. The first-order valence-electron chi connectivity index (χ1n) is 8.57. The van der Waals surface area contributed by atoms with E-state index in [-0.39, 0.29) is 18.4 Å². The fourth-order valence-corrected chi connectivity index (χ4v) is 3.52. The lowest BCUT2D eigenvalue weighted by atomic mass is 9.89. The average Bonchev–Trinajstić information content (AvgIpc) is 3.25. The second-order valence-electron chi connectivity index (χ2n) is 6.45. The molecule has 1 aromatic heterocycles. The van der Waals surface area contributed by atoms with Crippen LogP contribution < -0.4 is 4.74 Å². The summed E-state index contributed by atoms with van der Waals surface area (Å²) < 4.78 is 10.4. The first kappa shape index (κ1) is 18.0. The molecule has 0 unspecified atom stereocenters. The normalized spacial score (nSPS) is 19.6. The van der Waals surface area contributed by atoms with Gasteiger partial charge in [0.05, 0.1) is 18.7 Å². The molecule has 0 radical (unpaired) electrons. The van der Waals surface area contributed by atoms with Gasteiger partial charge in [0, 0.05) is 19.0 Å². The topological polar surface area (TPSA) is 92.9 Å². The third kappa shape index (κ3) is 3.16. The average molecular weight is 358 g/mol. The van der Waals surface area contributed by atoms with Gasteiger partial charge in [-0.25, -0.2) is 0 Å². The third-order valence-electron chi connectivity index (χ3n) is 4.93. The molecule has 1 fully saturated rings. The monoisotopic (exact) mass is 358 g/mol. The highest BCUT2D eigenvalue weighted by Gasteiger charge is 2.41.